The van der Waals surface area contributed by atoms with E-state index in [-0.39, 0.29) is 0 Å². The van der Waals surface area contributed by atoms with Gasteiger partial charge in [-0.15, -0.1) is 0 Å². The molecular weight excluding hydrogens is 323 g/mol. The summed E-state index contributed by atoms with van der Waals surface area (Å²) in [5, 5.41) is 1.13. The SMILES string of the molecule is CC1(C)[C@@H]2CC[C@]13C[Se](Cl)(c1ccccc1)O[C@@H]3C2. The Kier molecular flexibility index (Phi) is 2.54. The van der Waals surface area contributed by atoms with Crippen molar-refractivity contribution in [2.24, 2.45) is 16.7 Å². The van der Waals surface area contributed by atoms with E-state index in [1.54, 1.807) is 0 Å². The summed E-state index contributed by atoms with van der Waals surface area (Å²) in [6.45, 7) is 4.91. The van der Waals surface area contributed by atoms with Crippen molar-refractivity contribution in [2.45, 2.75) is 44.5 Å². The fourth-order valence-electron chi connectivity index (χ4n) is 4.79. The van der Waals surface area contributed by atoms with Gasteiger partial charge in [-0.2, -0.15) is 0 Å². The summed E-state index contributed by atoms with van der Waals surface area (Å²) in [6, 6.07) is 10.6. The van der Waals surface area contributed by atoms with Crippen molar-refractivity contribution in [2.75, 3.05) is 0 Å². The van der Waals surface area contributed by atoms with Gasteiger partial charge in [0.25, 0.3) is 0 Å². The van der Waals surface area contributed by atoms with E-state index in [4.69, 9.17) is 13.9 Å². The van der Waals surface area contributed by atoms with Crippen molar-refractivity contribution in [3.05, 3.63) is 30.3 Å². The first-order valence-corrected chi connectivity index (χ1v) is 12.2. The molecule has 1 saturated heterocycles. The van der Waals surface area contributed by atoms with Crippen LogP contribution in [0.15, 0.2) is 30.3 Å². The second-order valence-electron chi connectivity index (χ2n) is 6.99. The van der Waals surface area contributed by atoms with Crippen LogP contribution >= 0.6 is 10.1 Å². The summed E-state index contributed by atoms with van der Waals surface area (Å²) < 4.78 is 7.82. The number of halogens is 1. The Hall–Kier alpha value is -0.0105. The molecule has 2 bridgehead atoms. The van der Waals surface area contributed by atoms with Crippen molar-refractivity contribution in [3.63, 3.8) is 0 Å². The molecule has 3 fully saturated rings. The van der Waals surface area contributed by atoms with Crippen molar-refractivity contribution in [1.82, 2.24) is 0 Å². The van der Waals surface area contributed by atoms with Gasteiger partial charge in [0.1, 0.15) is 0 Å². The number of hydrogen-bond donors (Lipinski definition) is 0. The molecule has 0 aromatic heterocycles. The van der Waals surface area contributed by atoms with E-state index in [2.05, 4.69) is 44.2 Å². The number of rotatable bonds is 1. The van der Waals surface area contributed by atoms with Crippen molar-refractivity contribution in [3.8, 4) is 0 Å². The van der Waals surface area contributed by atoms with Crippen LogP contribution in [0.3, 0.4) is 0 Å². The molecule has 104 valence electrons. The van der Waals surface area contributed by atoms with Gasteiger partial charge in [0.2, 0.25) is 0 Å². The molecule has 2 aliphatic carbocycles. The maximum atomic E-state index is 7.05. The van der Waals surface area contributed by atoms with Gasteiger partial charge in [0.05, 0.1) is 0 Å². The van der Waals surface area contributed by atoms with Gasteiger partial charge in [-0.05, 0) is 0 Å². The summed E-state index contributed by atoms with van der Waals surface area (Å²) in [7, 11) is 7.05. The average Bonchev–Trinajstić information content (AvgIpc) is 2.91. The molecular formula is C16H21ClOSe. The molecule has 4 rings (SSSR count). The Bertz CT molecular complexity index is 517. The quantitative estimate of drug-likeness (QED) is 0.705. The summed E-state index contributed by atoms with van der Waals surface area (Å²) in [6.07, 6.45) is 4.38. The normalized spacial score (nSPS) is 49.8. The van der Waals surface area contributed by atoms with Crippen molar-refractivity contribution >= 4 is 26.8 Å². The maximum absolute atomic E-state index is 7.05. The Morgan fingerprint density at radius 1 is 1.26 bits per heavy atom. The summed E-state index contributed by atoms with van der Waals surface area (Å²) in [5.74, 6) is 0.853. The molecule has 0 amide bonds. The van der Waals surface area contributed by atoms with E-state index in [1.807, 2.05) is 0 Å². The van der Waals surface area contributed by atoms with E-state index < -0.39 is 12.3 Å². The molecule has 4 atom stereocenters. The van der Waals surface area contributed by atoms with Crippen LogP contribution < -0.4 is 4.46 Å². The fourth-order valence-corrected chi connectivity index (χ4v) is 12.9. The first-order valence-electron chi connectivity index (χ1n) is 7.22. The minimum atomic E-state index is -2.45. The van der Waals surface area contributed by atoms with Gasteiger partial charge in [-0.25, -0.2) is 0 Å². The van der Waals surface area contributed by atoms with E-state index in [0.717, 1.165) is 11.2 Å². The zero-order valence-electron chi connectivity index (χ0n) is 11.6. The van der Waals surface area contributed by atoms with Crippen molar-refractivity contribution < 1.29 is 3.82 Å². The predicted octanol–water partition coefficient (Wildman–Crippen LogP) is 3.80. The van der Waals surface area contributed by atoms with E-state index in [0.29, 0.717) is 16.9 Å². The molecule has 1 heterocycles. The van der Waals surface area contributed by atoms with Gasteiger partial charge in [0.15, 0.2) is 0 Å². The van der Waals surface area contributed by atoms with E-state index in [1.165, 1.54) is 23.7 Å². The number of benzene rings is 1. The van der Waals surface area contributed by atoms with Gasteiger partial charge < -0.3 is 0 Å². The van der Waals surface area contributed by atoms with Gasteiger partial charge in [0, 0.05) is 0 Å². The number of hydrogen-bond acceptors (Lipinski definition) is 1. The summed E-state index contributed by atoms with van der Waals surface area (Å²) >= 11 is -2.45. The predicted molar refractivity (Wildman–Crippen MR) is 80.9 cm³/mol. The zero-order chi connectivity index (χ0) is 13.3. The van der Waals surface area contributed by atoms with Crippen LogP contribution in [0.2, 0.25) is 5.32 Å². The van der Waals surface area contributed by atoms with Crippen LogP contribution in [0.4, 0.5) is 0 Å². The molecule has 3 aliphatic rings. The Morgan fingerprint density at radius 2 is 2.00 bits per heavy atom. The topological polar surface area (TPSA) is 9.23 Å². The molecule has 1 unspecified atom stereocenters. The second-order valence-corrected chi connectivity index (χ2v) is 14.1. The molecule has 3 heteroatoms. The molecule has 1 nitrogen and oxygen atoms in total. The van der Waals surface area contributed by atoms with Gasteiger partial charge >= 0.3 is 122 Å². The minimum absolute atomic E-state index is 0.370. The molecule has 0 radical (unpaired) electrons. The van der Waals surface area contributed by atoms with E-state index in [9.17, 15) is 0 Å². The summed E-state index contributed by atoms with van der Waals surface area (Å²) in [5.41, 5.74) is 0.787. The van der Waals surface area contributed by atoms with Crippen LogP contribution in [-0.4, -0.2) is 18.4 Å². The third kappa shape index (κ3) is 1.47. The van der Waals surface area contributed by atoms with Crippen LogP contribution in [0.1, 0.15) is 33.1 Å². The molecule has 2 saturated carbocycles. The third-order valence-corrected chi connectivity index (χ3v) is 13.1. The number of fused-ring (bicyclic) bond motifs is 1. The first kappa shape index (κ1) is 12.7. The third-order valence-electron chi connectivity index (χ3n) is 6.16. The van der Waals surface area contributed by atoms with Crippen LogP contribution in [-0.2, 0) is 3.82 Å². The van der Waals surface area contributed by atoms with Crippen molar-refractivity contribution in [1.29, 1.82) is 0 Å². The first-order chi connectivity index (χ1) is 8.98. The second kappa shape index (κ2) is 3.80. The Morgan fingerprint density at radius 3 is 2.63 bits per heavy atom. The van der Waals surface area contributed by atoms with E-state index >= 15 is 0 Å². The monoisotopic (exact) mass is 344 g/mol. The van der Waals surface area contributed by atoms with Gasteiger partial charge in [-0.3, -0.25) is 0 Å². The van der Waals surface area contributed by atoms with Gasteiger partial charge in [-0.1, -0.05) is 0 Å². The van der Waals surface area contributed by atoms with Crippen LogP contribution in [0.25, 0.3) is 0 Å². The summed E-state index contributed by atoms with van der Waals surface area (Å²) in [4.78, 5) is 0. The average molecular weight is 344 g/mol. The zero-order valence-corrected chi connectivity index (χ0v) is 14.0. The molecule has 1 aromatic rings. The Labute approximate surface area is 122 Å². The standard InChI is InChI=1S/C16H21ClOSe/c1-15(2)12-8-9-16(15)11-19(17,18-14(16)10-12)13-6-4-3-5-7-13/h3-7,12,14H,8-11H2,1-2H3/t12-,14-,16-/m1/s1. The molecule has 1 aliphatic heterocycles. The van der Waals surface area contributed by atoms with Crippen LogP contribution in [0, 0.1) is 16.7 Å². The molecule has 1 aromatic carbocycles. The molecule has 0 N–H and O–H groups in total. The fraction of sp³-hybridized carbons (Fsp3) is 0.625. The van der Waals surface area contributed by atoms with Crippen LogP contribution in [0.5, 0.6) is 0 Å². The molecule has 19 heavy (non-hydrogen) atoms. The molecule has 1 spiro atoms. The Balaban J connectivity index is 1.75.